The number of likely N-dealkylation sites (tertiary alicyclic amines) is 1. The largest absolute Gasteiger partial charge is 0.310 e. The van der Waals surface area contributed by atoms with Crippen molar-refractivity contribution in [2.75, 3.05) is 13.1 Å². The molecule has 1 aromatic carbocycles. The van der Waals surface area contributed by atoms with Crippen LogP contribution in [0.25, 0.3) is 0 Å². The first kappa shape index (κ1) is 12.6. The second-order valence-corrected chi connectivity index (χ2v) is 5.27. The molecule has 1 aromatic rings. The molecule has 0 aliphatic carbocycles. The van der Waals surface area contributed by atoms with Gasteiger partial charge in [-0.15, -0.1) is 0 Å². The summed E-state index contributed by atoms with van der Waals surface area (Å²) in [5.74, 6) is 0. The van der Waals surface area contributed by atoms with Gasteiger partial charge in [0.15, 0.2) is 0 Å². The second kappa shape index (κ2) is 6.18. The molecule has 0 unspecified atom stereocenters. The summed E-state index contributed by atoms with van der Waals surface area (Å²) >= 11 is 0. The molecule has 2 rings (SSSR count). The molecule has 0 amide bonds. The number of nitrogens with zero attached hydrogens (tertiary/aromatic N) is 1. The van der Waals surface area contributed by atoms with Gasteiger partial charge in [-0.2, -0.15) is 0 Å². The lowest BCUT2D eigenvalue weighted by atomic mass is 10.0. The van der Waals surface area contributed by atoms with Crippen molar-refractivity contribution in [3.8, 4) is 0 Å². The highest BCUT2D eigenvalue weighted by molar-refractivity contribution is 5.14. The Morgan fingerprint density at radius 3 is 2.41 bits per heavy atom. The first-order valence-corrected chi connectivity index (χ1v) is 6.77. The fraction of sp³-hybridized carbons (Fsp3) is 0.600. The van der Waals surface area contributed by atoms with Crippen molar-refractivity contribution in [2.24, 2.45) is 0 Å². The van der Waals surface area contributed by atoms with E-state index >= 15 is 0 Å². The fourth-order valence-corrected chi connectivity index (χ4v) is 2.48. The van der Waals surface area contributed by atoms with Crippen LogP contribution < -0.4 is 5.32 Å². The van der Waals surface area contributed by atoms with E-state index in [9.17, 15) is 0 Å². The lowest BCUT2D eigenvalue weighted by Gasteiger charge is -2.35. The van der Waals surface area contributed by atoms with Gasteiger partial charge in [0.1, 0.15) is 0 Å². The Kier molecular flexibility index (Phi) is 4.57. The van der Waals surface area contributed by atoms with Crippen LogP contribution in [0.3, 0.4) is 0 Å². The van der Waals surface area contributed by atoms with E-state index in [1.165, 1.54) is 31.5 Å². The fourth-order valence-electron chi connectivity index (χ4n) is 2.48. The lowest BCUT2D eigenvalue weighted by molar-refractivity contribution is 0.161. The van der Waals surface area contributed by atoms with Crippen molar-refractivity contribution in [3.63, 3.8) is 0 Å². The SMILES string of the molecule is CC(C)N1CCC(NCc2ccccc2)CC1. The number of nitrogens with one attached hydrogen (secondary N) is 1. The average molecular weight is 232 g/mol. The van der Waals surface area contributed by atoms with E-state index in [1.54, 1.807) is 0 Å². The first-order chi connectivity index (χ1) is 8.25. The average Bonchev–Trinajstić information content (AvgIpc) is 2.38. The zero-order valence-corrected chi connectivity index (χ0v) is 11.0. The lowest BCUT2D eigenvalue weighted by Crippen LogP contribution is -2.44. The molecule has 2 nitrogen and oxygen atoms in total. The van der Waals surface area contributed by atoms with Crippen molar-refractivity contribution in [3.05, 3.63) is 35.9 Å². The monoisotopic (exact) mass is 232 g/mol. The summed E-state index contributed by atoms with van der Waals surface area (Å²) in [7, 11) is 0. The van der Waals surface area contributed by atoms with E-state index in [-0.39, 0.29) is 0 Å². The Morgan fingerprint density at radius 1 is 1.18 bits per heavy atom. The van der Waals surface area contributed by atoms with Crippen molar-refractivity contribution >= 4 is 0 Å². The van der Waals surface area contributed by atoms with Gasteiger partial charge in [0.05, 0.1) is 0 Å². The molecule has 0 aromatic heterocycles. The summed E-state index contributed by atoms with van der Waals surface area (Å²) in [5, 5.41) is 3.67. The van der Waals surface area contributed by atoms with Gasteiger partial charge in [-0.3, -0.25) is 0 Å². The molecule has 94 valence electrons. The van der Waals surface area contributed by atoms with Crippen molar-refractivity contribution < 1.29 is 0 Å². The maximum absolute atomic E-state index is 3.67. The van der Waals surface area contributed by atoms with Crippen LogP contribution in [0.2, 0.25) is 0 Å². The molecule has 0 atom stereocenters. The van der Waals surface area contributed by atoms with Crippen molar-refractivity contribution in [2.45, 2.75) is 45.3 Å². The Hall–Kier alpha value is -0.860. The molecule has 1 N–H and O–H groups in total. The smallest absolute Gasteiger partial charge is 0.0208 e. The van der Waals surface area contributed by atoms with Crippen LogP contribution in [0.1, 0.15) is 32.3 Å². The van der Waals surface area contributed by atoms with E-state index in [4.69, 9.17) is 0 Å². The first-order valence-electron chi connectivity index (χ1n) is 6.77. The molecule has 0 saturated carbocycles. The normalized spacial score (nSPS) is 18.8. The summed E-state index contributed by atoms with van der Waals surface area (Å²) in [6.07, 6.45) is 2.57. The highest BCUT2D eigenvalue weighted by Crippen LogP contribution is 2.13. The standard InChI is InChI=1S/C15H24N2/c1-13(2)17-10-8-15(9-11-17)16-12-14-6-4-3-5-7-14/h3-7,13,15-16H,8-12H2,1-2H3. The van der Waals surface area contributed by atoms with Gasteiger partial charge < -0.3 is 10.2 Å². The maximum Gasteiger partial charge on any atom is 0.0208 e. The molecule has 1 fully saturated rings. The topological polar surface area (TPSA) is 15.3 Å². The highest BCUT2D eigenvalue weighted by atomic mass is 15.2. The highest BCUT2D eigenvalue weighted by Gasteiger charge is 2.19. The van der Waals surface area contributed by atoms with Crippen LogP contribution in [0.5, 0.6) is 0 Å². The zero-order valence-electron chi connectivity index (χ0n) is 11.0. The van der Waals surface area contributed by atoms with E-state index < -0.39 is 0 Å². The van der Waals surface area contributed by atoms with Crippen LogP contribution in [-0.2, 0) is 6.54 Å². The van der Waals surface area contributed by atoms with E-state index in [0.717, 1.165) is 6.54 Å². The summed E-state index contributed by atoms with van der Waals surface area (Å²) in [6, 6.07) is 12.1. The molecule has 1 heterocycles. The predicted molar refractivity (Wildman–Crippen MR) is 73.0 cm³/mol. The maximum atomic E-state index is 3.67. The van der Waals surface area contributed by atoms with Crippen molar-refractivity contribution in [1.82, 2.24) is 10.2 Å². The van der Waals surface area contributed by atoms with Crippen LogP contribution in [0, 0.1) is 0 Å². The third-order valence-corrected chi connectivity index (χ3v) is 3.70. The summed E-state index contributed by atoms with van der Waals surface area (Å²) in [4.78, 5) is 2.57. The van der Waals surface area contributed by atoms with Gasteiger partial charge in [-0.05, 0) is 45.3 Å². The molecule has 1 aliphatic heterocycles. The van der Waals surface area contributed by atoms with Crippen LogP contribution in [-0.4, -0.2) is 30.1 Å². The van der Waals surface area contributed by atoms with Crippen LogP contribution in [0.4, 0.5) is 0 Å². The minimum atomic E-state index is 0.699. The molecule has 0 radical (unpaired) electrons. The van der Waals surface area contributed by atoms with Gasteiger partial charge in [0.25, 0.3) is 0 Å². The van der Waals surface area contributed by atoms with E-state index in [0.29, 0.717) is 12.1 Å². The summed E-state index contributed by atoms with van der Waals surface area (Å²) in [6.45, 7) is 8.07. The van der Waals surface area contributed by atoms with Gasteiger partial charge in [-0.1, -0.05) is 30.3 Å². The predicted octanol–water partition coefficient (Wildman–Crippen LogP) is 2.65. The van der Waals surface area contributed by atoms with Crippen LogP contribution >= 0.6 is 0 Å². The Morgan fingerprint density at radius 2 is 1.82 bits per heavy atom. The Bertz CT molecular complexity index is 313. The molecule has 0 spiro atoms. The quantitative estimate of drug-likeness (QED) is 0.858. The summed E-state index contributed by atoms with van der Waals surface area (Å²) in [5.41, 5.74) is 1.39. The molecule has 2 heteroatoms. The van der Waals surface area contributed by atoms with E-state index in [1.807, 2.05) is 0 Å². The van der Waals surface area contributed by atoms with Gasteiger partial charge in [-0.25, -0.2) is 0 Å². The molecule has 17 heavy (non-hydrogen) atoms. The third kappa shape index (κ3) is 3.83. The molecule has 1 aliphatic rings. The van der Waals surface area contributed by atoms with E-state index in [2.05, 4.69) is 54.4 Å². The minimum absolute atomic E-state index is 0.699. The molecular formula is C15H24N2. The number of hydrogen-bond acceptors (Lipinski definition) is 2. The van der Waals surface area contributed by atoms with Gasteiger partial charge >= 0.3 is 0 Å². The van der Waals surface area contributed by atoms with Gasteiger partial charge in [0.2, 0.25) is 0 Å². The molecule has 0 bridgehead atoms. The van der Waals surface area contributed by atoms with Crippen molar-refractivity contribution in [1.29, 1.82) is 0 Å². The Balaban J connectivity index is 1.72. The summed E-state index contributed by atoms with van der Waals surface area (Å²) < 4.78 is 0. The third-order valence-electron chi connectivity index (χ3n) is 3.70. The minimum Gasteiger partial charge on any atom is -0.310 e. The second-order valence-electron chi connectivity index (χ2n) is 5.27. The molecule has 1 saturated heterocycles. The zero-order chi connectivity index (χ0) is 12.1. The van der Waals surface area contributed by atoms with Gasteiger partial charge in [0, 0.05) is 18.6 Å². The number of hydrogen-bond donors (Lipinski definition) is 1. The number of piperidine rings is 1. The number of benzene rings is 1. The van der Waals surface area contributed by atoms with Crippen LogP contribution in [0.15, 0.2) is 30.3 Å². The Labute approximate surface area is 105 Å². The number of rotatable bonds is 4. The molecular weight excluding hydrogens is 208 g/mol.